The topological polar surface area (TPSA) is 67.5 Å². The summed E-state index contributed by atoms with van der Waals surface area (Å²) >= 11 is 0. The Labute approximate surface area is 211 Å². The average molecular weight is 518 g/mol. The Bertz CT molecular complexity index is 1310. The number of nitrogens with one attached hydrogen (secondary N) is 1. The predicted octanol–water partition coefficient (Wildman–Crippen LogP) is 5.69. The van der Waals surface area contributed by atoms with Crippen molar-refractivity contribution in [3.63, 3.8) is 0 Å². The Morgan fingerprint density at radius 2 is 1.84 bits per heavy atom. The molecule has 37 heavy (non-hydrogen) atoms. The third-order valence-electron chi connectivity index (χ3n) is 8.07. The fourth-order valence-electron chi connectivity index (χ4n) is 6.38. The first-order valence-electron chi connectivity index (χ1n) is 12.7. The van der Waals surface area contributed by atoms with Crippen LogP contribution in [0.4, 0.5) is 17.6 Å². The molecule has 2 atom stereocenters. The number of H-pyrrole nitrogens is 1. The molecule has 0 bridgehead atoms. The van der Waals surface area contributed by atoms with Crippen molar-refractivity contribution in [3.05, 3.63) is 58.7 Å². The molecule has 0 unspecified atom stereocenters. The van der Waals surface area contributed by atoms with E-state index in [1.54, 1.807) is 4.90 Å². The Morgan fingerprint density at radius 3 is 2.57 bits per heavy atom. The van der Waals surface area contributed by atoms with Gasteiger partial charge in [-0.25, -0.2) is 9.37 Å². The molecule has 196 valence electrons. The van der Waals surface area contributed by atoms with Crippen molar-refractivity contribution < 1.29 is 31.8 Å². The normalized spacial score (nSPS) is 22.5. The van der Waals surface area contributed by atoms with Gasteiger partial charge in [0.05, 0.1) is 6.20 Å². The number of pyridine rings is 1. The molecule has 2 fully saturated rings. The maximum absolute atomic E-state index is 15.4. The Morgan fingerprint density at radius 1 is 1.08 bits per heavy atom. The van der Waals surface area contributed by atoms with Crippen molar-refractivity contribution in [2.45, 2.75) is 50.3 Å². The highest BCUT2D eigenvalue weighted by molar-refractivity contribution is 5.94. The number of amides is 1. The van der Waals surface area contributed by atoms with Gasteiger partial charge in [-0.05, 0) is 79.7 Å². The summed E-state index contributed by atoms with van der Waals surface area (Å²) in [6.07, 6.45) is 0.556. The smallest absolute Gasteiger partial charge is 0.406 e. The summed E-state index contributed by atoms with van der Waals surface area (Å²) in [4.78, 5) is 22.5. The lowest BCUT2D eigenvalue weighted by Gasteiger charge is -2.36. The van der Waals surface area contributed by atoms with E-state index >= 15 is 4.39 Å². The average Bonchev–Trinajstić information content (AvgIpc) is 3.27. The highest BCUT2D eigenvalue weighted by Crippen LogP contribution is 2.47. The van der Waals surface area contributed by atoms with Gasteiger partial charge in [0.15, 0.2) is 0 Å². The number of piperidine rings is 1. The Balaban J connectivity index is 1.22. The van der Waals surface area contributed by atoms with Gasteiger partial charge in [0.1, 0.15) is 17.2 Å². The van der Waals surface area contributed by atoms with Crippen LogP contribution in [0.5, 0.6) is 5.75 Å². The van der Waals surface area contributed by atoms with Crippen LogP contribution < -0.4 is 4.74 Å². The molecule has 0 saturated carbocycles. The van der Waals surface area contributed by atoms with E-state index in [-0.39, 0.29) is 29.0 Å². The van der Waals surface area contributed by atoms with Gasteiger partial charge in [-0.3, -0.25) is 4.79 Å². The number of carbonyl (C=O) groups is 1. The lowest BCUT2D eigenvalue weighted by molar-refractivity contribution is -0.274. The summed E-state index contributed by atoms with van der Waals surface area (Å²) in [6, 6.07) is 4.93. The number of nitrogens with zero attached hydrogens (tertiary/aromatic N) is 2. The summed E-state index contributed by atoms with van der Waals surface area (Å²) in [5.41, 5.74) is 4.07. The molecule has 4 heterocycles. The van der Waals surface area contributed by atoms with Gasteiger partial charge >= 0.3 is 6.36 Å². The van der Waals surface area contributed by atoms with Crippen molar-refractivity contribution in [2.24, 2.45) is 5.92 Å². The fraction of sp³-hybridized carbons (Fsp3) is 0.481. The highest BCUT2D eigenvalue weighted by Gasteiger charge is 2.38. The summed E-state index contributed by atoms with van der Waals surface area (Å²) in [5, 5.41) is 0.914. The quantitative estimate of drug-likeness (QED) is 0.454. The molecule has 6 nitrogen and oxygen atoms in total. The number of halogens is 4. The first kappa shape index (κ1) is 24.2. The largest absolute Gasteiger partial charge is 0.573 e. The molecule has 3 aliphatic rings. The summed E-state index contributed by atoms with van der Waals surface area (Å²) in [6.45, 7) is 2.30. The molecule has 0 spiro atoms. The zero-order chi connectivity index (χ0) is 25.7. The molecule has 2 aliphatic heterocycles. The van der Waals surface area contributed by atoms with Crippen LogP contribution in [0.3, 0.4) is 0 Å². The third-order valence-corrected chi connectivity index (χ3v) is 8.07. The van der Waals surface area contributed by atoms with Crippen LogP contribution in [-0.2, 0) is 11.2 Å². The maximum Gasteiger partial charge on any atom is 0.573 e. The van der Waals surface area contributed by atoms with Crippen molar-refractivity contribution in [3.8, 4) is 5.75 Å². The van der Waals surface area contributed by atoms with Crippen LogP contribution in [0.25, 0.3) is 11.0 Å². The standard InChI is InChI=1S/C27H27F4N3O3/c28-20-13-32-25-24(23-19-9-12-36-14-17(19)3-6-21(23)33-25)22(20)15-7-10-34(11-8-15)26(35)16-1-4-18(5-2-16)37-27(29,30)31/h1-2,4-5,13,15,17,19H,3,6-12,14H2,(H,32,33)/t17-,19-/m0/s1. The molecular formula is C27H27F4N3O3. The minimum Gasteiger partial charge on any atom is -0.406 e. The minimum absolute atomic E-state index is 0.0581. The van der Waals surface area contributed by atoms with Crippen molar-refractivity contribution in [1.82, 2.24) is 14.9 Å². The Hall–Kier alpha value is -3.14. The van der Waals surface area contributed by atoms with E-state index < -0.39 is 6.36 Å². The first-order chi connectivity index (χ1) is 17.8. The van der Waals surface area contributed by atoms with Crippen molar-refractivity contribution in [2.75, 3.05) is 26.3 Å². The zero-order valence-electron chi connectivity index (χ0n) is 20.1. The van der Waals surface area contributed by atoms with Gasteiger partial charge < -0.3 is 19.4 Å². The summed E-state index contributed by atoms with van der Waals surface area (Å²) < 4.78 is 62.2. The Kier molecular flexibility index (Phi) is 6.09. The molecule has 1 amide bonds. The summed E-state index contributed by atoms with van der Waals surface area (Å²) in [5.74, 6) is -0.239. The molecule has 1 N–H and O–H groups in total. The van der Waals surface area contributed by atoms with Crippen molar-refractivity contribution >= 4 is 16.9 Å². The number of aryl methyl sites for hydroxylation is 1. The van der Waals surface area contributed by atoms with Gasteiger partial charge in [-0.1, -0.05) is 0 Å². The van der Waals surface area contributed by atoms with Gasteiger partial charge in [-0.15, -0.1) is 13.2 Å². The molecule has 0 radical (unpaired) electrons. The monoisotopic (exact) mass is 517 g/mol. The number of hydrogen-bond acceptors (Lipinski definition) is 4. The minimum atomic E-state index is -4.79. The molecule has 1 aromatic carbocycles. The van der Waals surface area contributed by atoms with Gasteiger partial charge in [0, 0.05) is 48.5 Å². The molecule has 2 saturated heterocycles. The number of aromatic amines is 1. The van der Waals surface area contributed by atoms with Crippen LogP contribution in [0, 0.1) is 11.7 Å². The highest BCUT2D eigenvalue weighted by atomic mass is 19.4. The lowest BCUT2D eigenvalue weighted by atomic mass is 9.73. The van der Waals surface area contributed by atoms with E-state index in [0.717, 1.165) is 54.7 Å². The van der Waals surface area contributed by atoms with E-state index in [9.17, 15) is 18.0 Å². The number of alkyl halides is 3. The van der Waals surface area contributed by atoms with E-state index in [2.05, 4.69) is 14.7 Å². The number of hydrogen-bond donors (Lipinski definition) is 1. The van der Waals surface area contributed by atoms with Crippen LogP contribution >= 0.6 is 0 Å². The first-order valence-corrected chi connectivity index (χ1v) is 12.7. The van der Waals surface area contributed by atoms with Crippen LogP contribution in [-0.4, -0.2) is 53.4 Å². The van der Waals surface area contributed by atoms with E-state index in [4.69, 9.17) is 4.74 Å². The second kappa shape index (κ2) is 9.31. The number of fused-ring (bicyclic) bond motifs is 5. The molecule has 10 heteroatoms. The van der Waals surface area contributed by atoms with Gasteiger partial charge in [0.25, 0.3) is 5.91 Å². The zero-order valence-corrected chi connectivity index (χ0v) is 20.1. The molecule has 3 aromatic rings. The number of rotatable bonds is 3. The fourth-order valence-corrected chi connectivity index (χ4v) is 6.38. The second-order valence-electron chi connectivity index (χ2n) is 10.2. The van der Waals surface area contributed by atoms with E-state index in [0.29, 0.717) is 49.9 Å². The third kappa shape index (κ3) is 4.56. The van der Waals surface area contributed by atoms with Crippen LogP contribution in [0.15, 0.2) is 30.5 Å². The molecule has 6 rings (SSSR count). The predicted molar refractivity (Wildman–Crippen MR) is 127 cm³/mol. The van der Waals surface area contributed by atoms with Crippen LogP contribution in [0.1, 0.15) is 64.7 Å². The number of carbonyl (C=O) groups excluding carboxylic acids is 1. The number of aromatic nitrogens is 2. The SMILES string of the molecule is O=C(c1ccc(OC(F)(F)F)cc1)N1CCC(c2c(F)cnc3[nH]c4c(c23)[C@H]2CCOC[C@@H]2CC4)CC1. The molecule has 1 aliphatic carbocycles. The lowest BCUT2D eigenvalue weighted by Crippen LogP contribution is -2.38. The van der Waals surface area contributed by atoms with E-state index in [1.807, 2.05) is 0 Å². The van der Waals surface area contributed by atoms with Gasteiger partial charge in [-0.2, -0.15) is 0 Å². The maximum atomic E-state index is 15.4. The van der Waals surface area contributed by atoms with E-state index in [1.165, 1.54) is 23.9 Å². The van der Waals surface area contributed by atoms with Gasteiger partial charge in [0.2, 0.25) is 0 Å². The molecular weight excluding hydrogens is 490 g/mol. The second-order valence-corrected chi connectivity index (χ2v) is 10.2. The number of ether oxygens (including phenoxy) is 2. The summed E-state index contributed by atoms with van der Waals surface area (Å²) in [7, 11) is 0. The van der Waals surface area contributed by atoms with Crippen LogP contribution in [0.2, 0.25) is 0 Å². The number of benzene rings is 1. The number of likely N-dealkylation sites (tertiary alicyclic amines) is 1. The van der Waals surface area contributed by atoms with Crippen molar-refractivity contribution in [1.29, 1.82) is 0 Å². The molecule has 2 aromatic heterocycles.